The average molecular weight is 322 g/mol. The van der Waals surface area contributed by atoms with Gasteiger partial charge < -0.3 is 0 Å². The first-order valence-electron chi connectivity index (χ1n) is 5.53. The minimum Gasteiger partial charge on any atom is -0.196 e. The summed E-state index contributed by atoms with van der Waals surface area (Å²) in [6.07, 6.45) is -16.8. The second-order valence-corrected chi connectivity index (χ2v) is 4.47. The van der Waals surface area contributed by atoms with E-state index in [1.165, 1.54) is 6.92 Å². The van der Waals surface area contributed by atoms with Crippen LogP contribution in [0.4, 0.5) is 43.9 Å². The summed E-state index contributed by atoms with van der Waals surface area (Å²) in [5, 5.41) is 0. The Morgan fingerprint density at radius 3 is 1.15 bits per heavy atom. The smallest absolute Gasteiger partial charge is 0.196 e. The summed E-state index contributed by atoms with van der Waals surface area (Å²) in [6.45, 7) is 1.28. The number of rotatable bonds is 6. The van der Waals surface area contributed by atoms with Crippen LogP contribution in [0.2, 0.25) is 0 Å². The van der Waals surface area contributed by atoms with Crippen molar-refractivity contribution in [1.29, 1.82) is 0 Å². The summed E-state index contributed by atoms with van der Waals surface area (Å²) in [4.78, 5) is 0. The largest absolute Gasteiger partial charge is 0.453 e. The first-order chi connectivity index (χ1) is 8.64. The van der Waals surface area contributed by atoms with E-state index < -0.39 is 49.4 Å². The molecular formula is C10H12F10. The molecule has 0 unspecified atom stereocenters. The quantitative estimate of drug-likeness (QED) is 0.560. The molecule has 20 heavy (non-hydrogen) atoms. The zero-order valence-corrected chi connectivity index (χ0v) is 10.2. The van der Waals surface area contributed by atoms with Crippen LogP contribution in [0, 0.1) is 5.92 Å². The molecule has 0 aliphatic carbocycles. The first-order valence-corrected chi connectivity index (χ1v) is 5.53. The van der Waals surface area contributed by atoms with E-state index in [-0.39, 0.29) is 6.42 Å². The maximum Gasteiger partial charge on any atom is 0.453 e. The molecule has 0 spiro atoms. The maximum absolute atomic E-state index is 12.7. The fraction of sp³-hybridized carbons (Fsp3) is 1.00. The molecule has 0 radical (unpaired) electrons. The van der Waals surface area contributed by atoms with E-state index in [9.17, 15) is 43.9 Å². The predicted molar refractivity (Wildman–Crippen MR) is 49.6 cm³/mol. The highest BCUT2D eigenvalue weighted by Crippen LogP contribution is 2.46. The molecule has 0 amide bonds. The van der Waals surface area contributed by atoms with Gasteiger partial charge in [0, 0.05) is 12.8 Å². The van der Waals surface area contributed by atoms with Gasteiger partial charge in [-0.1, -0.05) is 19.8 Å². The van der Waals surface area contributed by atoms with Crippen LogP contribution in [-0.4, -0.2) is 24.2 Å². The standard InChI is InChI=1S/C10H12F10/c1-2-3-6(4-7(11,12)9(15,16)17)5-8(13,14)10(18,19)20/h6H,2-5H2,1H3. The fourth-order valence-electron chi connectivity index (χ4n) is 1.64. The molecule has 122 valence electrons. The highest BCUT2D eigenvalue weighted by atomic mass is 19.4. The Kier molecular flexibility index (Phi) is 5.76. The predicted octanol–water partition coefficient (Wildman–Crippen LogP) is 5.58. The van der Waals surface area contributed by atoms with E-state index >= 15 is 0 Å². The Hall–Kier alpha value is -0.700. The molecule has 0 saturated carbocycles. The lowest BCUT2D eigenvalue weighted by atomic mass is 9.89. The number of halogens is 10. The van der Waals surface area contributed by atoms with Gasteiger partial charge in [-0.25, -0.2) is 0 Å². The molecule has 0 nitrogen and oxygen atoms in total. The van der Waals surface area contributed by atoms with Gasteiger partial charge in [0.15, 0.2) is 0 Å². The van der Waals surface area contributed by atoms with E-state index in [4.69, 9.17) is 0 Å². The first kappa shape index (κ1) is 19.3. The molecular weight excluding hydrogens is 310 g/mol. The SMILES string of the molecule is CCCC(CC(F)(F)C(F)(F)F)CC(F)(F)C(F)(F)F. The van der Waals surface area contributed by atoms with Crippen LogP contribution >= 0.6 is 0 Å². The molecule has 0 aliphatic rings. The Morgan fingerprint density at radius 2 is 0.950 bits per heavy atom. The van der Waals surface area contributed by atoms with E-state index in [1.807, 2.05) is 0 Å². The van der Waals surface area contributed by atoms with Gasteiger partial charge in [-0.15, -0.1) is 0 Å². The topological polar surface area (TPSA) is 0 Å². The second kappa shape index (κ2) is 5.97. The molecule has 0 rings (SSSR count). The molecule has 10 heteroatoms. The van der Waals surface area contributed by atoms with Crippen molar-refractivity contribution in [2.45, 2.75) is 56.8 Å². The van der Waals surface area contributed by atoms with Crippen LogP contribution in [0.3, 0.4) is 0 Å². The number of hydrogen-bond donors (Lipinski definition) is 0. The van der Waals surface area contributed by atoms with Crippen molar-refractivity contribution >= 4 is 0 Å². The third kappa shape index (κ3) is 5.01. The average Bonchev–Trinajstić information content (AvgIpc) is 2.12. The summed E-state index contributed by atoms with van der Waals surface area (Å²) in [5.74, 6) is -12.7. The molecule has 0 saturated heterocycles. The van der Waals surface area contributed by atoms with E-state index in [1.54, 1.807) is 0 Å². The van der Waals surface area contributed by atoms with E-state index in [0.29, 0.717) is 0 Å². The molecule has 0 atom stereocenters. The van der Waals surface area contributed by atoms with Crippen LogP contribution in [-0.2, 0) is 0 Å². The second-order valence-electron chi connectivity index (χ2n) is 4.47. The lowest BCUT2D eigenvalue weighted by molar-refractivity contribution is -0.302. The molecule has 0 N–H and O–H groups in total. The van der Waals surface area contributed by atoms with Gasteiger partial charge in [0.25, 0.3) is 0 Å². The third-order valence-corrected chi connectivity index (χ3v) is 2.62. The van der Waals surface area contributed by atoms with Gasteiger partial charge in [0.05, 0.1) is 0 Å². The molecule has 0 aromatic carbocycles. The van der Waals surface area contributed by atoms with Gasteiger partial charge in [0.2, 0.25) is 0 Å². The van der Waals surface area contributed by atoms with Crippen molar-refractivity contribution in [2.75, 3.05) is 0 Å². The van der Waals surface area contributed by atoms with Crippen LogP contribution in [0.1, 0.15) is 32.6 Å². The minimum atomic E-state index is -5.98. The highest BCUT2D eigenvalue weighted by molar-refractivity contribution is 4.85. The van der Waals surface area contributed by atoms with Crippen molar-refractivity contribution in [3.05, 3.63) is 0 Å². The van der Waals surface area contributed by atoms with Crippen molar-refractivity contribution in [1.82, 2.24) is 0 Å². The lowest BCUT2D eigenvalue weighted by Gasteiger charge is -2.28. The molecule has 0 aliphatic heterocycles. The Morgan fingerprint density at radius 1 is 0.650 bits per heavy atom. The lowest BCUT2D eigenvalue weighted by Crippen LogP contribution is -2.42. The van der Waals surface area contributed by atoms with Crippen LogP contribution < -0.4 is 0 Å². The fourth-order valence-corrected chi connectivity index (χ4v) is 1.64. The minimum absolute atomic E-state index is 0.0907. The number of hydrogen-bond acceptors (Lipinski definition) is 0. The van der Waals surface area contributed by atoms with Gasteiger partial charge in [-0.3, -0.25) is 0 Å². The molecule has 0 heterocycles. The molecule has 0 bridgehead atoms. The van der Waals surface area contributed by atoms with Crippen molar-refractivity contribution in [2.24, 2.45) is 5.92 Å². The third-order valence-electron chi connectivity index (χ3n) is 2.62. The van der Waals surface area contributed by atoms with Crippen LogP contribution in [0.5, 0.6) is 0 Å². The summed E-state index contributed by atoms with van der Waals surface area (Å²) in [5.41, 5.74) is 0. The van der Waals surface area contributed by atoms with Crippen molar-refractivity contribution in [3.63, 3.8) is 0 Å². The van der Waals surface area contributed by atoms with E-state index in [0.717, 1.165) is 0 Å². The Labute approximate surface area is 108 Å². The summed E-state index contributed by atoms with van der Waals surface area (Å²) in [7, 11) is 0. The summed E-state index contributed by atoms with van der Waals surface area (Å²) < 4.78 is 123. The Bertz CT molecular complexity index is 272. The van der Waals surface area contributed by atoms with Gasteiger partial charge in [-0.05, 0) is 5.92 Å². The molecule has 0 aromatic rings. The normalized spacial score (nSPS) is 15.0. The van der Waals surface area contributed by atoms with Gasteiger partial charge in [0.1, 0.15) is 0 Å². The van der Waals surface area contributed by atoms with Crippen molar-refractivity contribution in [3.8, 4) is 0 Å². The monoisotopic (exact) mass is 322 g/mol. The zero-order chi connectivity index (χ0) is 16.4. The summed E-state index contributed by atoms with van der Waals surface area (Å²) >= 11 is 0. The Balaban J connectivity index is 5.02. The van der Waals surface area contributed by atoms with Gasteiger partial charge >= 0.3 is 24.2 Å². The summed E-state index contributed by atoms with van der Waals surface area (Å²) in [6, 6.07) is 0. The maximum atomic E-state index is 12.7. The van der Waals surface area contributed by atoms with Gasteiger partial charge in [-0.2, -0.15) is 43.9 Å². The van der Waals surface area contributed by atoms with Crippen LogP contribution in [0.15, 0.2) is 0 Å². The highest BCUT2D eigenvalue weighted by Gasteiger charge is 2.61. The molecule has 0 aromatic heterocycles. The van der Waals surface area contributed by atoms with E-state index in [2.05, 4.69) is 0 Å². The molecule has 0 fully saturated rings. The number of alkyl halides is 10. The zero-order valence-electron chi connectivity index (χ0n) is 10.2. The van der Waals surface area contributed by atoms with Crippen molar-refractivity contribution < 1.29 is 43.9 Å². The van der Waals surface area contributed by atoms with Crippen LogP contribution in [0.25, 0.3) is 0 Å².